The summed E-state index contributed by atoms with van der Waals surface area (Å²) >= 11 is 3.56. The normalized spacial score (nSPS) is 15.9. The molecule has 0 aliphatic carbocycles. The van der Waals surface area contributed by atoms with Gasteiger partial charge in [-0.3, -0.25) is 4.90 Å². The fourth-order valence-corrected chi connectivity index (χ4v) is 4.42. The number of halogens is 1. The fourth-order valence-electron chi connectivity index (χ4n) is 3.91. The molecule has 0 saturated heterocycles. The highest BCUT2D eigenvalue weighted by atomic mass is 79.9. The largest absolute Gasteiger partial charge is 0.490 e. The van der Waals surface area contributed by atoms with Crippen LogP contribution < -0.4 is 14.2 Å². The number of carboxylic acids is 1. The molecule has 0 radical (unpaired) electrons. The Morgan fingerprint density at radius 3 is 2.85 bits per heavy atom. The molecule has 2 aliphatic rings. The Morgan fingerprint density at radius 1 is 1.24 bits per heavy atom. The van der Waals surface area contributed by atoms with Crippen LogP contribution in [0.2, 0.25) is 0 Å². The summed E-state index contributed by atoms with van der Waals surface area (Å²) in [4.78, 5) is 13.4. The molecule has 4 rings (SSSR count). The summed E-state index contributed by atoms with van der Waals surface area (Å²) in [6, 6.07) is 11.8. The number of rotatable bonds is 8. The number of carbonyl (C=O) groups is 1. The van der Waals surface area contributed by atoms with E-state index in [2.05, 4.69) is 26.9 Å². The first-order chi connectivity index (χ1) is 15.9. The van der Waals surface area contributed by atoms with Crippen LogP contribution in [0.15, 0.2) is 58.1 Å². The van der Waals surface area contributed by atoms with Crippen LogP contribution in [0.3, 0.4) is 0 Å². The van der Waals surface area contributed by atoms with Crippen molar-refractivity contribution >= 4 is 28.0 Å². The minimum atomic E-state index is -0.835. The SMILES string of the molecule is CC(C)Oc1ccc(COc2ccc3c(c2)OCC(CN2CCC=C(C(=O)O)C2)=C3)cc1Br. The number of ether oxygens (including phenoxy) is 3. The molecule has 0 amide bonds. The van der Waals surface area contributed by atoms with E-state index in [1.165, 1.54) is 0 Å². The van der Waals surface area contributed by atoms with E-state index in [0.29, 0.717) is 31.9 Å². The second-order valence-electron chi connectivity index (χ2n) is 8.54. The average molecular weight is 514 g/mol. The van der Waals surface area contributed by atoms with Crippen LogP contribution in [-0.2, 0) is 11.4 Å². The molecule has 174 valence electrons. The average Bonchev–Trinajstić information content (AvgIpc) is 2.79. The number of aliphatic carboxylic acids is 1. The van der Waals surface area contributed by atoms with E-state index in [4.69, 9.17) is 14.2 Å². The molecular formula is C26H28BrNO5. The van der Waals surface area contributed by atoms with E-state index in [-0.39, 0.29) is 6.10 Å². The summed E-state index contributed by atoms with van der Waals surface area (Å²) < 4.78 is 18.6. The first-order valence-corrected chi connectivity index (χ1v) is 11.9. The molecule has 6 nitrogen and oxygen atoms in total. The lowest BCUT2D eigenvalue weighted by molar-refractivity contribution is -0.133. The van der Waals surface area contributed by atoms with Gasteiger partial charge in [-0.2, -0.15) is 0 Å². The van der Waals surface area contributed by atoms with Crippen molar-refractivity contribution in [3.05, 3.63) is 69.2 Å². The summed E-state index contributed by atoms with van der Waals surface area (Å²) in [5.74, 6) is 1.52. The Kier molecular flexibility index (Phi) is 7.40. The van der Waals surface area contributed by atoms with Gasteiger partial charge >= 0.3 is 5.97 Å². The van der Waals surface area contributed by atoms with Crippen molar-refractivity contribution < 1.29 is 24.1 Å². The second-order valence-corrected chi connectivity index (χ2v) is 9.40. The summed E-state index contributed by atoms with van der Waals surface area (Å²) in [6.45, 7) is 6.95. The van der Waals surface area contributed by atoms with Gasteiger partial charge in [0.1, 0.15) is 30.5 Å². The molecule has 33 heavy (non-hydrogen) atoms. The third kappa shape index (κ3) is 6.18. The quantitative estimate of drug-likeness (QED) is 0.515. The zero-order valence-corrected chi connectivity index (χ0v) is 20.4. The van der Waals surface area contributed by atoms with Gasteiger partial charge in [0.05, 0.1) is 10.6 Å². The zero-order chi connectivity index (χ0) is 23.4. The number of fused-ring (bicyclic) bond motifs is 1. The maximum atomic E-state index is 11.2. The van der Waals surface area contributed by atoms with Crippen LogP contribution in [0.1, 0.15) is 31.4 Å². The van der Waals surface area contributed by atoms with Gasteiger partial charge < -0.3 is 19.3 Å². The lowest BCUT2D eigenvalue weighted by Crippen LogP contribution is -2.34. The van der Waals surface area contributed by atoms with Crippen molar-refractivity contribution in [2.24, 2.45) is 0 Å². The van der Waals surface area contributed by atoms with E-state index < -0.39 is 5.97 Å². The molecular weight excluding hydrogens is 486 g/mol. The van der Waals surface area contributed by atoms with E-state index >= 15 is 0 Å². The van der Waals surface area contributed by atoms with Gasteiger partial charge in [-0.25, -0.2) is 4.79 Å². The fraction of sp³-hybridized carbons (Fsp3) is 0.346. The molecule has 0 bridgehead atoms. The minimum absolute atomic E-state index is 0.118. The predicted octanol–water partition coefficient (Wildman–Crippen LogP) is 5.31. The van der Waals surface area contributed by atoms with Gasteiger partial charge in [0, 0.05) is 36.8 Å². The Hall–Kier alpha value is -2.77. The van der Waals surface area contributed by atoms with Crippen molar-refractivity contribution in [3.8, 4) is 17.2 Å². The number of benzene rings is 2. The highest BCUT2D eigenvalue weighted by molar-refractivity contribution is 9.10. The van der Waals surface area contributed by atoms with E-state index in [0.717, 1.165) is 51.4 Å². The first-order valence-electron chi connectivity index (χ1n) is 11.1. The Balaban J connectivity index is 1.36. The van der Waals surface area contributed by atoms with Gasteiger partial charge in [-0.1, -0.05) is 12.1 Å². The highest BCUT2D eigenvalue weighted by Gasteiger charge is 2.20. The number of nitrogens with zero attached hydrogens (tertiary/aromatic N) is 1. The smallest absolute Gasteiger partial charge is 0.332 e. The lowest BCUT2D eigenvalue weighted by atomic mass is 10.0. The second kappa shape index (κ2) is 10.4. The Morgan fingerprint density at radius 2 is 2.09 bits per heavy atom. The number of carboxylic acid groups (broad SMARTS) is 1. The summed E-state index contributed by atoms with van der Waals surface area (Å²) in [6.07, 6.45) is 4.82. The van der Waals surface area contributed by atoms with E-state index in [1.807, 2.05) is 56.3 Å². The van der Waals surface area contributed by atoms with Crippen LogP contribution in [-0.4, -0.2) is 48.3 Å². The Labute approximate surface area is 202 Å². The molecule has 0 aromatic heterocycles. The first kappa shape index (κ1) is 23.4. The molecule has 1 N–H and O–H groups in total. The molecule has 0 spiro atoms. The van der Waals surface area contributed by atoms with Crippen molar-refractivity contribution in [2.75, 3.05) is 26.2 Å². The van der Waals surface area contributed by atoms with Crippen LogP contribution in [0.4, 0.5) is 0 Å². The maximum Gasteiger partial charge on any atom is 0.332 e. The highest BCUT2D eigenvalue weighted by Crippen LogP contribution is 2.32. The maximum absolute atomic E-state index is 11.2. The van der Waals surface area contributed by atoms with Gasteiger partial charge in [0.15, 0.2) is 0 Å². The molecule has 7 heteroatoms. The van der Waals surface area contributed by atoms with Crippen molar-refractivity contribution in [2.45, 2.75) is 33.0 Å². The summed E-state index contributed by atoms with van der Waals surface area (Å²) in [7, 11) is 0. The monoisotopic (exact) mass is 513 g/mol. The summed E-state index contributed by atoms with van der Waals surface area (Å²) in [5.41, 5.74) is 3.65. The predicted molar refractivity (Wildman–Crippen MR) is 131 cm³/mol. The molecule has 2 aliphatic heterocycles. The van der Waals surface area contributed by atoms with Gasteiger partial charge in [0.25, 0.3) is 0 Å². The molecule has 0 fully saturated rings. The van der Waals surface area contributed by atoms with Crippen LogP contribution in [0.25, 0.3) is 6.08 Å². The Bertz CT molecular complexity index is 1090. The number of hydrogen-bond donors (Lipinski definition) is 1. The van der Waals surface area contributed by atoms with Crippen molar-refractivity contribution in [3.63, 3.8) is 0 Å². The molecule has 2 heterocycles. The van der Waals surface area contributed by atoms with Crippen LogP contribution >= 0.6 is 15.9 Å². The topological polar surface area (TPSA) is 68.2 Å². The minimum Gasteiger partial charge on any atom is -0.490 e. The molecule has 0 saturated carbocycles. The van der Waals surface area contributed by atoms with Crippen LogP contribution in [0.5, 0.6) is 17.2 Å². The standard InChI is InChI=1S/C26H28BrNO5/c1-17(2)33-24-8-5-18(11-23(24)27)15-31-22-7-6-20-10-19(16-32-25(20)12-22)13-28-9-3-4-21(14-28)26(29)30/h4-8,10-12,17H,3,9,13-16H2,1-2H3,(H,29,30). The summed E-state index contributed by atoms with van der Waals surface area (Å²) in [5, 5.41) is 9.24. The van der Waals surface area contributed by atoms with Crippen molar-refractivity contribution in [1.82, 2.24) is 4.90 Å². The van der Waals surface area contributed by atoms with Gasteiger partial charge in [0.2, 0.25) is 0 Å². The third-order valence-corrected chi connectivity index (χ3v) is 6.07. The van der Waals surface area contributed by atoms with Gasteiger partial charge in [-0.15, -0.1) is 0 Å². The molecule has 2 aromatic rings. The molecule has 0 unspecified atom stereocenters. The zero-order valence-electron chi connectivity index (χ0n) is 18.8. The molecule has 2 aromatic carbocycles. The van der Waals surface area contributed by atoms with E-state index in [1.54, 1.807) is 0 Å². The van der Waals surface area contributed by atoms with E-state index in [9.17, 15) is 9.90 Å². The van der Waals surface area contributed by atoms with Crippen LogP contribution in [0, 0.1) is 0 Å². The third-order valence-electron chi connectivity index (χ3n) is 5.45. The number of hydrogen-bond acceptors (Lipinski definition) is 5. The molecule has 0 atom stereocenters. The van der Waals surface area contributed by atoms with Gasteiger partial charge in [-0.05, 0) is 77.7 Å². The van der Waals surface area contributed by atoms with Crippen molar-refractivity contribution in [1.29, 1.82) is 0 Å². The lowest BCUT2D eigenvalue weighted by Gasteiger charge is -2.28.